The smallest absolute Gasteiger partial charge is 0.216 e. The number of rotatable bonds is 3. The van der Waals surface area contributed by atoms with Crippen molar-refractivity contribution < 1.29 is 4.74 Å². The van der Waals surface area contributed by atoms with Crippen molar-refractivity contribution in [1.82, 2.24) is 9.97 Å². The maximum Gasteiger partial charge on any atom is 0.216 e. The van der Waals surface area contributed by atoms with Crippen molar-refractivity contribution in [3.63, 3.8) is 0 Å². The minimum Gasteiger partial charge on any atom is -0.473 e. The molecule has 17 heavy (non-hydrogen) atoms. The van der Waals surface area contributed by atoms with Gasteiger partial charge in [-0.25, -0.2) is 9.97 Å². The van der Waals surface area contributed by atoms with E-state index < -0.39 is 0 Å². The van der Waals surface area contributed by atoms with E-state index in [-0.39, 0.29) is 0 Å². The van der Waals surface area contributed by atoms with Gasteiger partial charge in [-0.2, -0.15) is 0 Å². The largest absolute Gasteiger partial charge is 0.473 e. The highest BCUT2D eigenvalue weighted by Crippen LogP contribution is 2.22. The molecule has 0 bridgehead atoms. The van der Waals surface area contributed by atoms with Gasteiger partial charge in [0.05, 0.1) is 0 Å². The van der Waals surface area contributed by atoms with Gasteiger partial charge < -0.3 is 4.74 Å². The van der Waals surface area contributed by atoms with Crippen molar-refractivity contribution in [3.8, 4) is 5.88 Å². The van der Waals surface area contributed by atoms with Crippen molar-refractivity contribution in [3.05, 3.63) is 51.9 Å². The van der Waals surface area contributed by atoms with Gasteiger partial charge in [0.2, 0.25) is 5.88 Å². The van der Waals surface area contributed by atoms with E-state index in [2.05, 4.69) is 9.97 Å². The van der Waals surface area contributed by atoms with E-state index in [0.29, 0.717) is 22.5 Å². The number of nitrogens with zero attached hydrogens (tertiary/aromatic N) is 2. The second kappa shape index (κ2) is 5.34. The molecule has 1 aromatic carbocycles. The second-order valence-electron chi connectivity index (χ2n) is 3.52. The van der Waals surface area contributed by atoms with Gasteiger partial charge in [-0.1, -0.05) is 29.3 Å². The Bertz CT molecular complexity index is 532. The third-order valence-corrected chi connectivity index (χ3v) is 2.76. The average molecular weight is 269 g/mol. The van der Waals surface area contributed by atoms with Gasteiger partial charge in [0.25, 0.3) is 0 Å². The summed E-state index contributed by atoms with van der Waals surface area (Å²) in [4.78, 5) is 7.99. The molecule has 0 radical (unpaired) electrons. The third kappa shape index (κ3) is 3.32. The fraction of sp³-hybridized carbons (Fsp3) is 0.167. The van der Waals surface area contributed by atoms with Gasteiger partial charge >= 0.3 is 0 Å². The number of hydrogen-bond donors (Lipinski definition) is 0. The van der Waals surface area contributed by atoms with Crippen LogP contribution in [0.4, 0.5) is 0 Å². The molecule has 1 heterocycles. The van der Waals surface area contributed by atoms with Crippen molar-refractivity contribution in [1.29, 1.82) is 0 Å². The molecule has 3 nitrogen and oxygen atoms in total. The molecule has 0 unspecified atom stereocenters. The first-order chi connectivity index (χ1) is 8.15. The number of benzene rings is 1. The Balaban J connectivity index is 2.07. The summed E-state index contributed by atoms with van der Waals surface area (Å²) in [5.41, 5.74) is 1.73. The lowest BCUT2D eigenvalue weighted by Gasteiger charge is -2.07. The highest BCUT2D eigenvalue weighted by molar-refractivity contribution is 6.35. The van der Waals surface area contributed by atoms with Crippen LogP contribution >= 0.6 is 23.2 Å². The van der Waals surface area contributed by atoms with Gasteiger partial charge in [-0.15, -0.1) is 0 Å². The first kappa shape index (κ1) is 12.1. The van der Waals surface area contributed by atoms with E-state index in [1.54, 1.807) is 18.2 Å². The number of ether oxygens (including phenoxy) is 1. The minimum absolute atomic E-state index is 0.354. The van der Waals surface area contributed by atoms with E-state index in [9.17, 15) is 0 Å². The van der Waals surface area contributed by atoms with Gasteiger partial charge in [0.15, 0.2) is 0 Å². The topological polar surface area (TPSA) is 35.0 Å². The highest BCUT2D eigenvalue weighted by Gasteiger charge is 2.03. The normalized spacial score (nSPS) is 10.3. The van der Waals surface area contributed by atoms with Gasteiger partial charge in [0.1, 0.15) is 12.9 Å². The zero-order valence-corrected chi connectivity index (χ0v) is 10.7. The van der Waals surface area contributed by atoms with Crippen LogP contribution in [0, 0.1) is 6.92 Å². The molecule has 0 saturated heterocycles. The summed E-state index contributed by atoms with van der Waals surface area (Å²) >= 11 is 11.8. The highest BCUT2D eigenvalue weighted by atomic mass is 35.5. The molecule has 1 aromatic heterocycles. The number of aromatic nitrogens is 2. The maximum atomic E-state index is 6.03. The Hall–Kier alpha value is -1.32. The minimum atomic E-state index is 0.354. The van der Waals surface area contributed by atoms with Crippen LogP contribution in [0.5, 0.6) is 5.88 Å². The van der Waals surface area contributed by atoms with Crippen molar-refractivity contribution in [2.24, 2.45) is 0 Å². The van der Waals surface area contributed by atoms with Crippen LogP contribution in [0.3, 0.4) is 0 Å². The second-order valence-corrected chi connectivity index (χ2v) is 4.37. The first-order valence-electron chi connectivity index (χ1n) is 5.00. The molecule has 5 heteroatoms. The Morgan fingerprint density at radius 3 is 2.71 bits per heavy atom. The molecule has 0 fully saturated rings. The van der Waals surface area contributed by atoms with E-state index in [1.165, 1.54) is 6.33 Å². The van der Waals surface area contributed by atoms with Crippen LogP contribution in [0.1, 0.15) is 11.3 Å². The van der Waals surface area contributed by atoms with Gasteiger partial charge in [-0.05, 0) is 19.1 Å². The van der Waals surface area contributed by atoms with E-state index in [1.807, 2.05) is 13.0 Å². The Morgan fingerprint density at radius 1 is 1.18 bits per heavy atom. The predicted octanol–water partition coefficient (Wildman–Crippen LogP) is 3.67. The van der Waals surface area contributed by atoms with E-state index >= 15 is 0 Å². The molecular weight excluding hydrogens is 259 g/mol. The molecule has 0 atom stereocenters. The van der Waals surface area contributed by atoms with Crippen molar-refractivity contribution >= 4 is 23.2 Å². The number of aryl methyl sites for hydroxylation is 1. The third-order valence-electron chi connectivity index (χ3n) is 2.17. The summed E-state index contributed by atoms with van der Waals surface area (Å²) < 4.78 is 5.51. The standard InChI is InChI=1S/C12H10Cl2N2O/c1-8-4-12(16-7-15-8)17-6-9-2-3-10(13)5-11(9)14/h2-5,7H,6H2,1H3. The predicted molar refractivity (Wildman–Crippen MR) is 67.6 cm³/mol. The Labute approximate surface area is 109 Å². The van der Waals surface area contributed by atoms with Crippen molar-refractivity contribution in [2.45, 2.75) is 13.5 Å². The van der Waals surface area contributed by atoms with Crippen LogP contribution in [-0.4, -0.2) is 9.97 Å². The van der Waals surface area contributed by atoms with Crippen LogP contribution in [0.2, 0.25) is 10.0 Å². The molecule has 0 amide bonds. The molecule has 0 N–H and O–H groups in total. The Morgan fingerprint density at radius 2 is 2.00 bits per heavy atom. The van der Waals surface area contributed by atoms with Crippen LogP contribution < -0.4 is 4.74 Å². The number of hydrogen-bond acceptors (Lipinski definition) is 3. The van der Waals surface area contributed by atoms with Crippen LogP contribution in [-0.2, 0) is 6.61 Å². The molecule has 0 saturated carbocycles. The lowest BCUT2D eigenvalue weighted by molar-refractivity contribution is 0.293. The number of halogens is 2. The summed E-state index contributed by atoms with van der Waals surface area (Å²) in [6.07, 6.45) is 1.47. The van der Waals surface area contributed by atoms with Gasteiger partial charge in [0, 0.05) is 27.4 Å². The molecule has 0 aliphatic rings. The molecular formula is C12H10Cl2N2O. The van der Waals surface area contributed by atoms with Crippen LogP contribution in [0.15, 0.2) is 30.6 Å². The summed E-state index contributed by atoms with van der Waals surface area (Å²) in [6.45, 7) is 2.23. The summed E-state index contributed by atoms with van der Waals surface area (Å²) in [5, 5.41) is 1.19. The molecule has 2 aromatic rings. The Kier molecular flexibility index (Phi) is 3.82. The van der Waals surface area contributed by atoms with Crippen molar-refractivity contribution in [2.75, 3.05) is 0 Å². The molecule has 0 aliphatic carbocycles. The SMILES string of the molecule is Cc1cc(OCc2ccc(Cl)cc2Cl)ncn1. The monoisotopic (exact) mass is 268 g/mol. The fourth-order valence-corrected chi connectivity index (χ4v) is 1.76. The average Bonchev–Trinajstić information content (AvgIpc) is 2.28. The zero-order chi connectivity index (χ0) is 12.3. The molecule has 88 valence electrons. The van der Waals surface area contributed by atoms with Gasteiger partial charge in [-0.3, -0.25) is 0 Å². The quantitative estimate of drug-likeness (QED) is 0.852. The maximum absolute atomic E-state index is 6.03. The summed E-state index contributed by atoms with van der Waals surface area (Å²) in [7, 11) is 0. The zero-order valence-electron chi connectivity index (χ0n) is 9.15. The lowest BCUT2D eigenvalue weighted by atomic mass is 10.2. The lowest BCUT2D eigenvalue weighted by Crippen LogP contribution is -1.98. The molecule has 2 rings (SSSR count). The van der Waals surface area contributed by atoms with E-state index in [0.717, 1.165) is 11.3 Å². The van der Waals surface area contributed by atoms with Crippen LogP contribution in [0.25, 0.3) is 0 Å². The fourth-order valence-electron chi connectivity index (χ4n) is 1.30. The molecule has 0 aliphatic heterocycles. The summed E-state index contributed by atoms with van der Waals surface area (Å²) in [6, 6.07) is 7.06. The summed E-state index contributed by atoms with van der Waals surface area (Å²) in [5.74, 6) is 0.531. The first-order valence-corrected chi connectivity index (χ1v) is 5.76. The van der Waals surface area contributed by atoms with E-state index in [4.69, 9.17) is 27.9 Å². The molecule has 0 spiro atoms.